The van der Waals surface area contributed by atoms with Gasteiger partial charge in [-0.3, -0.25) is 4.79 Å². The van der Waals surface area contributed by atoms with Gasteiger partial charge in [0, 0.05) is 6.42 Å². The standard InChI is InChI=1S/C32H56O10/c1-2-3-4-5-6-7-8-9-10-11-12-13-14-15-16-17-30(36)40-25-24-37-27-29(39-22-19-34)32-28(38-21-18-33)26-31(42-32)41-23-20-35/h9-10,26,29,33-35H,2-8,11-25,27H2,1H3/b10-9+. The van der Waals surface area contributed by atoms with Crippen LogP contribution in [0.3, 0.4) is 0 Å². The first-order chi connectivity index (χ1) is 20.7. The summed E-state index contributed by atoms with van der Waals surface area (Å²) in [5, 5.41) is 27.3. The second-order valence-electron chi connectivity index (χ2n) is 10.2. The van der Waals surface area contributed by atoms with Gasteiger partial charge < -0.3 is 43.4 Å². The summed E-state index contributed by atoms with van der Waals surface area (Å²) >= 11 is 0. The van der Waals surface area contributed by atoms with Crippen molar-refractivity contribution in [2.75, 3.05) is 59.5 Å². The fourth-order valence-electron chi connectivity index (χ4n) is 4.29. The largest absolute Gasteiger partial charge is 0.487 e. The summed E-state index contributed by atoms with van der Waals surface area (Å²) in [5.74, 6) is 0.454. The molecule has 0 saturated heterocycles. The Balaban J connectivity index is 2.18. The number of hydrogen-bond acceptors (Lipinski definition) is 10. The van der Waals surface area contributed by atoms with Crippen molar-refractivity contribution in [3.63, 3.8) is 0 Å². The summed E-state index contributed by atoms with van der Waals surface area (Å²) in [7, 11) is 0. The molecule has 10 heteroatoms. The van der Waals surface area contributed by atoms with Crippen LogP contribution in [0.5, 0.6) is 11.7 Å². The number of rotatable bonds is 30. The predicted molar refractivity (Wildman–Crippen MR) is 161 cm³/mol. The summed E-state index contributed by atoms with van der Waals surface area (Å²) in [4.78, 5) is 12.0. The maximum Gasteiger partial charge on any atom is 0.305 e. The minimum atomic E-state index is -0.733. The van der Waals surface area contributed by atoms with Crippen molar-refractivity contribution in [3.05, 3.63) is 24.0 Å². The number of hydrogen-bond donors (Lipinski definition) is 3. The molecule has 0 aliphatic heterocycles. The molecular formula is C32H56O10. The molecule has 0 aromatic carbocycles. The Hall–Kier alpha value is -2.11. The van der Waals surface area contributed by atoms with Gasteiger partial charge in [-0.05, 0) is 32.1 Å². The summed E-state index contributed by atoms with van der Waals surface area (Å²) in [6.07, 6.45) is 20.0. The van der Waals surface area contributed by atoms with Gasteiger partial charge in [0.05, 0.1) is 45.7 Å². The number of furan rings is 1. The monoisotopic (exact) mass is 600 g/mol. The van der Waals surface area contributed by atoms with E-state index in [0.717, 1.165) is 25.7 Å². The number of allylic oxidation sites excluding steroid dienone is 2. The minimum absolute atomic E-state index is 0.0337. The molecule has 0 spiro atoms. The second-order valence-corrected chi connectivity index (χ2v) is 10.2. The highest BCUT2D eigenvalue weighted by molar-refractivity contribution is 5.69. The van der Waals surface area contributed by atoms with E-state index in [0.29, 0.717) is 12.2 Å². The van der Waals surface area contributed by atoms with Gasteiger partial charge in [-0.1, -0.05) is 70.4 Å². The third-order valence-electron chi connectivity index (χ3n) is 6.49. The number of aliphatic hydroxyl groups excluding tert-OH is 3. The van der Waals surface area contributed by atoms with Gasteiger partial charge in [0.15, 0.2) is 11.5 Å². The van der Waals surface area contributed by atoms with E-state index in [1.54, 1.807) is 0 Å². The molecule has 1 unspecified atom stereocenters. The van der Waals surface area contributed by atoms with Gasteiger partial charge in [-0.15, -0.1) is 0 Å². The van der Waals surface area contributed by atoms with Crippen LogP contribution in [0.1, 0.15) is 109 Å². The van der Waals surface area contributed by atoms with Crippen molar-refractivity contribution in [1.82, 2.24) is 0 Å². The van der Waals surface area contributed by atoms with Gasteiger partial charge in [-0.25, -0.2) is 0 Å². The highest BCUT2D eigenvalue weighted by atomic mass is 16.6. The van der Waals surface area contributed by atoms with Crippen molar-refractivity contribution in [1.29, 1.82) is 0 Å². The first kappa shape index (κ1) is 37.9. The average Bonchev–Trinajstić information content (AvgIpc) is 3.40. The summed E-state index contributed by atoms with van der Waals surface area (Å²) in [6.45, 7) is 2.10. The van der Waals surface area contributed by atoms with Crippen LogP contribution in [0.2, 0.25) is 0 Å². The minimum Gasteiger partial charge on any atom is -0.487 e. The molecule has 1 rings (SSSR count). The molecule has 1 aromatic rings. The zero-order valence-electron chi connectivity index (χ0n) is 25.8. The highest BCUT2D eigenvalue weighted by Gasteiger charge is 2.24. The zero-order chi connectivity index (χ0) is 30.5. The van der Waals surface area contributed by atoms with Crippen LogP contribution in [0.15, 0.2) is 22.6 Å². The number of ether oxygens (including phenoxy) is 5. The lowest BCUT2D eigenvalue weighted by atomic mass is 10.1. The van der Waals surface area contributed by atoms with Gasteiger partial charge in [0.2, 0.25) is 0 Å². The van der Waals surface area contributed by atoms with Crippen LogP contribution in [0.4, 0.5) is 0 Å². The van der Waals surface area contributed by atoms with Crippen LogP contribution in [-0.4, -0.2) is 80.8 Å². The molecule has 10 nitrogen and oxygen atoms in total. The first-order valence-electron chi connectivity index (χ1n) is 15.9. The predicted octanol–water partition coefficient (Wildman–Crippen LogP) is 5.67. The van der Waals surface area contributed by atoms with Crippen molar-refractivity contribution in [2.24, 2.45) is 0 Å². The number of carbonyl (C=O) groups is 1. The van der Waals surface area contributed by atoms with Crippen molar-refractivity contribution in [2.45, 2.75) is 103 Å². The summed E-state index contributed by atoms with van der Waals surface area (Å²) < 4.78 is 33.1. The molecule has 3 N–H and O–H groups in total. The van der Waals surface area contributed by atoms with E-state index in [4.69, 9.17) is 38.3 Å². The third kappa shape index (κ3) is 19.9. The number of esters is 1. The molecular weight excluding hydrogens is 544 g/mol. The summed E-state index contributed by atoms with van der Waals surface area (Å²) in [6, 6.07) is 1.49. The first-order valence-corrected chi connectivity index (χ1v) is 15.9. The van der Waals surface area contributed by atoms with E-state index in [1.165, 1.54) is 63.9 Å². The van der Waals surface area contributed by atoms with Crippen LogP contribution in [0, 0.1) is 0 Å². The Morgan fingerprint density at radius 1 is 0.786 bits per heavy atom. The number of unbranched alkanes of at least 4 members (excludes halogenated alkanes) is 11. The fraction of sp³-hybridized carbons (Fsp3) is 0.781. The second kappa shape index (κ2) is 27.7. The van der Waals surface area contributed by atoms with E-state index in [9.17, 15) is 9.90 Å². The molecule has 0 aliphatic carbocycles. The molecule has 1 atom stereocenters. The number of aliphatic hydroxyl groups is 3. The zero-order valence-corrected chi connectivity index (χ0v) is 25.8. The van der Waals surface area contributed by atoms with E-state index in [2.05, 4.69) is 19.1 Å². The molecule has 42 heavy (non-hydrogen) atoms. The van der Waals surface area contributed by atoms with E-state index >= 15 is 0 Å². The molecule has 0 fully saturated rings. The Morgan fingerprint density at radius 3 is 2.07 bits per heavy atom. The lowest BCUT2D eigenvalue weighted by Gasteiger charge is -2.17. The Kier molecular flexibility index (Phi) is 25.0. The average molecular weight is 601 g/mol. The van der Waals surface area contributed by atoms with Gasteiger partial charge >= 0.3 is 5.97 Å². The maximum absolute atomic E-state index is 12.0. The fourth-order valence-corrected chi connectivity index (χ4v) is 4.29. The normalized spacial score (nSPS) is 12.2. The SMILES string of the molecule is CCCCCCCC/C=C/CCCCCCCC(=O)OCCOCC(OCCO)c1oc(OCCO)cc1OCCO. The molecule has 244 valence electrons. The molecule has 0 aliphatic rings. The molecule has 1 aromatic heterocycles. The lowest BCUT2D eigenvalue weighted by molar-refractivity contribution is -0.146. The van der Waals surface area contributed by atoms with Gasteiger partial charge in [0.25, 0.3) is 5.95 Å². The van der Waals surface area contributed by atoms with Gasteiger partial charge in [-0.2, -0.15) is 0 Å². The van der Waals surface area contributed by atoms with Crippen LogP contribution in [0.25, 0.3) is 0 Å². The van der Waals surface area contributed by atoms with Crippen molar-refractivity contribution < 1.29 is 48.2 Å². The summed E-state index contributed by atoms with van der Waals surface area (Å²) in [5.41, 5.74) is 0. The Morgan fingerprint density at radius 2 is 1.40 bits per heavy atom. The molecule has 0 amide bonds. The third-order valence-corrected chi connectivity index (χ3v) is 6.49. The molecule has 0 bridgehead atoms. The Bertz CT molecular complexity index is 779. The Labute approximate surface area is 252 Å². The topological polar surface area (TPSA) is 137 Å². The van der Waals surface area contributed by atoms with E-state index < -0.39 is 6.10 Å². The van der Waals surface area contributed by atoms with E-state index in [1.807, 2.05) is 0 Å². The molecule has 1 heterocycles. The van der Waals surface area contributed by atoms with Crippen LogP contribution in [-0.2, 0) is 19.0 Å². The number of carbonyl (C=O) groups excluding carboxylic acids is 1. The van der Waals surface area contributed by atoms with Crippen molar-refractivity contribution >= 4 is 5.97 Å². The quantitative estimate of drug-likeness (QED) is 0.0575. The smallest absolute Gasteiger partial charge is 0.305 e. The van der Waals surface area contributed by atoms with Gasteiger partial charge in [0.1, 0.15) is 25.9 Å². The highest BCUT2D eigenvalue weighted by Crippen LogP contribution is 2.35. The van der Waals surface area contributed by atoms with E-state index in [-0.39, 0.29) is 77.1 Å². The van der Waals surface area contributed by atoms with Crippen LogP contribution >= 0.6 is 0 Å². The lowest BCUT2D eigenvalue weighted by Crippen LogP contribution is -2.17. The molecule has 0 saturated carbocycles. The molecule has 0 radical (unpaired) electrons. The van der Waals surface area contributed by atoms with Crippen LogP contribution < -0.4 is 9.47 Å². The maximum atomic E-state index is 12.0. The van der Waals surface area contributed by atoms with Crippen molar-refractivity contribution in [3.8, 4) is 11.7 Å².